The summed E-state index contributed by atoms with van der Waals surface area (Å²) in [5.74, 6) is 0.421. The zero-order valence-corrected chi connectivity index (χ0v) is 8.41. The minimum absolute atomic E-state index is 0.0719. The Hall–Kier alpha value is -0.591. The van der Waals surface area contributed by atoms with Crippen LogP contribution >= 0.6 is 0 Å². The molecule has 1 aromatic carbocycles. The molecule has 12 heavy (non-hydrogen) atoms. The molecule has 0 aromatic heterocycles. The number of carbonyl (C=O) groups is 1. The Balaban J connectivity index is 1.98. The van der Waals surface area contributed by atoms with Gasteiger partial charge in [0.2, 0.25) is 0 Å². The number of hydrogen-bond acceptors (Lipinski definition) is 1. The maximum atomic E-state index is 11.4. The first-order valence-electron chi connectivity index (χ1n) is 4.13. The molecule has 0 spiro atoms. The SMILES string of the molecule is O=C([Se]c1ccccc1)C1CC1. The van der Waals surface area contributed by atoms with E-state index in [4.69, 9.17) is 0 Å². The molecule has 0 saturated heterocycles. The molecule has 62 valence electrons. The zero-order valence-electron chi connectivity index (χ0n) is 6.69. The monoisotopic (exact) mass is 226 g/mol. The van der Waals surface area contributed by atoms with Gasteiger partial charge in [0.15, 0.2) is 0 Å². The fourth-order valence-corrected chi connectivity index (χ4v) is 2.95. The van der Waals surface area contributed by atoms with Crippen LogP contribution in [0.2, 0.25) is 0 Å². The quantitative estimate of drug-likeness (QED) is 0.700. The number of benzene rings is 1. The van der Waals surface area contributed by atoms with Crippen molar-refractivity contribution in [2.24, 2.45) is 5.92 Å². The molecule has 1 aliphatic rings. The topological polar surface area (TPSA) is 17.1 Å². The summed E-state index contributed by atoms with van der Waals surface area (Å²) in [6, 6.07) is 10.1. The molecule has 1 aliphatic carbocycles. The summed E-state index contributed by atoms with van der Waals surface area (Å²) >= 11 is 0.0719. The average Bonchev–Trinajstić information content (AvgIpc) is 2.88. The molecule has 1 fully saturated rings. The Labute approximate surface area is 78.3 Å². The predicted molar refractivity (Wildman–Crippen MR) is 49.6 cm³/mol. The molecule has 1 aromatic rings. The van der Waals surface area contributed by atoms with Gasteiger partial charge in [-0.2, -0.15) is 0 Å². The van der Waals surface area contributed by atoms with E-state index in [1.807, 2.05) is 30.3 Å². The Bertz CT molecular complexity index is 277. The van der Waals surface area contributed by atoms with E-state index in [0.29, 0.717) is 10.6 Å². The second-order valence-electron chi connectivity index (χ2n) is 3.01. The molecule has 2 rings (SSSR count). The van der Waals surface area contributed by atoms with E-state index in [1.165, 1.54) is 4.46 Å². The van der Waals surface area contributed by atoms with Crippen LogP contribution in [0.4, 0.5) is 0 Å². The molecular formula is C10H10OSe. The van der Waals surface area contributed by atoms with Crippen LogP contribution in [0.15, 0.2) is 30.3 Å². The van der Waals surface area contributed by atoms with E-state index >= 15 is 0 Å². The normalized spacial score (nSPS) is 16.0. The van der Waals surface area contributed by atoms with Crippen LogP contribution in [0.3, 0.4) is 0 Å². The van der Waals surface area contributed by atoms with E-state index in [-0.39, 0.29) is 15.0 Å². The van der Waals surface area contributed by atoms with Gasteiger partial charge in [-0.25, -0.2) is 0 Å². The fourth-order valence-electron chi connectivity index (χ4n) is 1.01. The molecule has 0 heterocycles. The van der Waals surface area contributed by atoms with Crippen molar-refractivity contribution in [1.29, 1.82) is 0 Å². The molecular weight excluding hydrogens is 215 g/mol. The molecule has 0 aliphatic heterocycles. The van der Waals surface area contributed by atoms with Crippen molar-refractivity contribution in [3.8, 4) is 0 Å². The molecule has 1 saturated carbocycles. The Morgan fingerprint density at radius 3 is 2.50 bits per heavy atom. The van der Waals surface area contributed by atoms with Crippen molar-refractivity contribution in [2.75, 3.05) is 0 Å². The molecule has 0 radical (unpaired) electrons. The van der Waals surface area contributed by atoms with Gasteiger partial charge in [0, 0.05) is 0 Å². The Morgan fingerprint density at radius 2 is 1.92 bits per heavy atom. The van der Waals surface area contributed by atoms with Crippen LogP contribution in [0, 0.1) is 5.92 Å². The minimum atomic E-state index is 0.0719. The van der Waals surface area contributed by atoms with Gasteiger partial charge < -0.3 is 0 Å². The fraction of sp³-hybridized carbons (Fsp3) is 0.300. The Morgan fingerprint density at radius 1 is 1.25 bits per heavy atom. The van der Waals surface area contributed by atoms with Crippen LogP contribution in [0.5, 0.6) is 0 Å². The second-order valence-corrected chi connectivity index (χ2v) is 5.27. The Kier molecular flexibility index (Phi) is 2.29. The average molecular weight is 225 g/mol. The van der Waals surface area contributed by atoms with Crippen LogP contribution in [0.1, 0.15) is 12.8 Å². The molecule has 0 bridgehead atoms. The first-order valence-corrected chi connectivity index (χ1v) is 5.84. The van der Waals surface area contributed by atoms with E-state index in [1.54, 1.807) is 0 Å². The molecule has 0 unspecified atom stereocenters. The summed E-state index contributed by atoms with van der Waals surface area (Å²) < 4.78 is 1.69. The second kappa shape index (κ2) is 3.42. The predicted octanol–water partition coefficient (Wildman–Crippen LogP) is 0.953. The van der Waals surface area contributed by atoms with Gasteiger partial charge in [0.1, 0.15) is 0 Å². The standard InChI is InChI=1S/C10H10OSe/c11-10(8-6-7-8)12-9-4-2-1-3-5-9/h1-5,8H,6-7H2. The van der Waals surface area contributed by atoms with Gasteiger partial charge in [-0.15, -0.1) is 0 Å². The first-order chi connectivity index (χ1) is 5.86. The van der Waals surface area contributed by atoms with Crippen molar-refractivity contribution in [2.45, 2.75) is 12.8 Å². The van der Waals surface area contributed by atoms with Crippen molar-refractivity contribution in [3.63, 3.8) is 0 Å². The first kappa shape index (κ1) is 8.03. The summed E-state index contributed by atoms with van der Waals surface area (Å²) in [4.78, 5) is 11.4. The van der Waals surface area contributed by atoms with Gasteiger partial charge >= 0.3 is 78.0 Å². The summed E-state index contributed by atoms with van der Waals surface area (Å²) in [5.41, 5.74) is 0. The van der Waals surface area contributed by atoms with E-state index < -0.39 is 0 Å². The van der Waals surface area contributed by atoms with Gasteiger partial charge in [-0.3, -0.25) is 0 Å². The molecule has 1 nitrogen and oxygen atoms in total. The summed E-state index contributed by atoms with van der Waals surface area (Å²) in [6.07, 6.45) is 2.26. The van der Waals surface area contributed by atoms with Crippen molar-refractivity contribution in [3.05, 3.63) is 30.3 Å². The van der Waals surface area contributed by atoms with Crippen molar-refractivity contribution >= 4 is 24.1 Å². The van der Waals surface area contributed by atoms with E-state index in [0.717, 1.165) is 12.8 Å². The van der Waals surface area contributed by atoms with Crippen LogP contribution in [-0.2, 0) is 4.79 Å². The molecule has 0 N–H and O–H groups in total. The summed E-state index contributed by atoms with van der Waals surface area (Å²) in [6.45, 7) is 0. The molecule has 0 atom stereocenters. The van der Waals surface area contributed by atoms with Gasteiger partial charge in [0.25, 0.3) is 0 Å². The van der Waals surface area contributed by atoms with Gasteiger partial charge in [0.05, 0.1) is 0 Å². The number of hydrogen-bond donors (Lipinski definition) is 0. The van der Waals surface area contributed by atoms with Crippen molar-refractivity contribution < 1.29 is 4.79 Å². The maximum absolute atomic E-state index is 11.4. The zero-order chi connectivity index (χ0) is 8.39. The third kappa shape index (κ3) is 1.96. The third-order valence-corrected chi connectivity index (χ3v) is 4.06. The number of carbonyl (C=O) groups excluding carboxylic acids is 1. The van der Waals surface area contributed by atoms with Gasteiger partial charge in [-0.05, 0) is 0 Å². The number of rotatable bonds is 3. The van der Waals surface area contributed by atoms with Crippen LogP contribution < -0.4 is 4.46 Å². The van der Waals surface area contributed by atoms with Gasteiger partial charge in [-0.1, -0.05) is 0 Å². The third-order valence-electron chi connectivity index (χ3n) is 1.87. The van der Waals surface area contributed by atoms with Crippen molar-refractivity contribution in [1.82, 2.24) is 0 Å². The van der Waals surface area contributed by atoms with Crippen LogP contribution in [0.25, 0.3) is 0 Å². The van der Waals surface area contributed by atoms with E-state index in [2.05, 4.69) is 0 Å². The summed E-state index contributed by atoms with van der Waals surface area (Å²) in [7, 11) is 0. The molecule has 0 amide bonds. The van der Waals surface area contributed by atoms with E-state index in [9.17, 15) is 4.79 Å². The van der Waals surface area contributed by atoms with Crippen LogP contribution in [-0.4, -0.2) is 19.6 Å². The molecule has 2 heteroatoms. The summed E-state index contributed by atoms with van der Waals surface area (Å²) in [5, 5.41) is 0.